The molecule has 8 nitrogen and oxygen atoms in total. The van der Waals surface area contributed by atoms with Crippen LogP contribution in [-0.4, -0.2) is 54.7 Å². The standard InChI is InChI=1S/C23H33N5O3/c1-15(2)26-21(29)19(13-24-6)20(25-7)27-18-9-8-17-14-28(11-10-16(17)12-18)22(30)31-23(3,4)5/h8-9,12-13,15H,6,10-11,14H2,1-5,7H3,(H,25,27)(H,26,29)/b19-13+. The fourth-order valence-electron chi connectivity index (χ4n) is 3.15. The molecule has 0 radical (unpaired) electrons. The Morgan fingerprint density at radius 3 is 2.55 bits per heavy atom. The molecule has 31 heavy (non-hydrogen) atoms. The van der Waals surface area contributed by atoms with Crippen LogP contribution in [0.3, 0.4) is 0 Å². The van der Waals surface area contributed by atoms with E-state index in [0.29, 0.717) is 30.9 Å². The van der Waals surface area contributed by atoms with Gasteiger partial charge in [0.1, 0.15) is 11.4 Å². The van der Waals surface area contributed by atoms with E-state index < -0.39 is 5.60 Å². The van der Waals surface area contributed by atoms with E-state index in [1.165, 1.54) is 6.20 Å². The number of amides is 2. The quantitative estimate of drug-likeness (QED) is 0.427. The molecule has 8 heteroatoms. The van der Waals surface area contributed by atoms with Crippen molar-refractivity contribution in [3.8, 4) is 0 Å². The van der Waals surface area contributed by atoms with Crippen LogP contribution >= 0.6 is 0 Å². The summed E-state index contributed by atoms with van der Waals surface area (Å²) in [7, 11) is 1.61. The molecule has 1 aliphatic heterocycles. The van der Waals surface area contributed by atoms with Crippen LogP contribution in [0, 0.1) is 0 Å². The molecule has 0 saturated heterocycles. The maximum Gasteiger partial charge on any atom is 0.410 e. The number of carbonyl (C=O) groups excluding carboxylic acids is 2. The molecule has 0 saturated carbocycles. The highest BCUT2D eigenvalue weighted by atomic mass is 16.6. The van der Waals surface area contributed by atoms with Crippen molar-refractivity contribution in [3.63, 3.8) is 0 Å². The third-order valence-electron chi connectivity index (χ3n) is 4.50. The lowest BCUT2D eigenvalue weighted by molar-refractivity contribution is -0.117. The summed E-state index contributed by atoms with van der Waals surface area (Å²) in [5.74, 6) is 0.123. The minimum atomic E-state index is -0.519. The van der Waals surface area contributed by atoms with Gasteiger partial charge in [0, 0.05) is 38.1 Å². The van der Waals surface area contributed by atoms with Crippen LogP contribution in [0.15, 0.2) is 40.0 Å². The molecule has 0 bridgehead atoms. The molecule has 168 valence electrons. The van der Waals surface area contributed by atoms with Crippen LogP contribution in [-0.2, 0) is 22.5 Å². The molecule has 0 spiro atoms. The first-order chi connectivity index (χ1) is 14.5. The Labute approximate surface area is 184 Å². The second kappa shape index (κ2) is 10.2. The molecule has 0 atom stereocenters. The summed E-state index contributed by atoms with van der Waals surface area (Å²) in [6.45, 7) is 13.9. The first kappa shape index (κ1) is 24.1. The summed E-state index contributed by atoms with van der Waals surface area (Å²) in [6, 6.07) is 5.88. The summed E-state index contributed by atoms with van der Waals surface area (Å²) in [4.78, 5) is 34.6. The fourth-order valence-corrected chi connectivity index (χ4v) is 3.15. The lowest BCUT2D eigenvalue weighted by atomic mass is 9.99. The van der Waals surface area contributed by atoms with Crippen molar-refractivity contribution in [1.29, 1.82) is 0 Å². The number of rotatable bonds is 5. The van der Waals surface area contributed by atoms with Crippen molar-refractivity contribution in [1.82, 2.24) is 10.2 Å². The minimum absolute atomic E-state index is 0.0181. The van der Waals surface area contributed by atoms with E-state index in [4.69, 9.17) is 4.74 Å². The first-order valence-electron chi connectivity index (χ1n) is 10.3. The second-order valence-electron chi connectivity index (χ2n) is 8.69. The molecule has 2 amide bonds. The van der Waals surface area contributed by atoms with E-state index >= 15 is 0 Å². The zero-order valence-corrected chi connectivity index (χ0v) is 19.3. The normalized spacial score (nSPS) is 14.7. The molecule has 1 heterocycles. The molecule has 1 aromatic rings. The maximum absolute atomic E-state index is 12.5. The van der Waals surface area contributed by atoms with Gasteiger partial charge in [-0.05, 0) is 71.0 Å². The van der Waals surface area contributed by atoms with Crippen molar-refractivity contribution < 1.29 is 14.3 Å². The molecular formula is C23H33N5O3. The highest BCUT2D eigenvalue weighted by Crippen LogP contribution is 2.24. The van der Waals surface area contributed by atoms with Crippen LogP contribution < -0.4 is 10.6 Å². The van der Waals surface area contributed by atoms with Crippen molar-refractivity contribution in [2.45, 2.75) is 59.2 Å². The van der Waals surface area contributed by atoms with Crippen molar-refractivity contribution in [2.75, 3.05) is 18.9 Å². The summed E-state index contributed by atoms with van der Waals surface area (Å²) in [5, 5.41) is 6.06. The van der Waals surface area contributed by atoms with Gasteiger partial charge in [-0.15, -0.1) is 0 Å². The lowest BCUT2D eigenvalue weighted by Crippen LogP contribution is -2.39. The Bertz CT molecular complexity index is 897. The summed E-state index contributed by atoms with van der Waals surface area (Å²) < 4.78 is 5.48. The number of hydrogen-bond acceptors (Lipinski definition) is 5. The van der Waals surface area contributed by atoms with Gasteiger partial charge in [0.15, 0.2) is 0 Å². The van der Waals surface area contributed by atoms with Gasteiger partial charge in [0.25, 0.3) is 5.91 Å². The molecule has 2 rings (SSSR count). The van der Waals surface area contributed by atoms with Crippen LogP contribution in [0.5, 0.6) is 0 Å². The number of nitrogens with zero attached hydrogens (tertiary/aromatic N) is 3. The van der Waals surface area contributed by atoms with Gasteiger partial charge < -0.3 is 20.3 Å². The molecule has 0 aromatic heterocycles. The zero-order chi connectivity index (χ0) is 23.2. The Hall–Kier alpha value is -3.16. The van der Waals surface area contributed by atoms with Gasteiger partial charge in [-0.1, -0.05) is 6.07 Å². The van der Waals surface area contributed by atoms with E-state index in [9.17, 15) is 9.59 Å². The Morgan fingerprint density at radius 2 is 1.97 bits per heavy atom. The predicted molar refractivity (Wildman–Crippen MR) is 125 cm³/mol. The van der Waals surface area contributed by atoms with E-state index in [-0.39, 0.29) is 18.0 Å². The summed E-state index contributed by atoms with van der Waals surface area (Å²) in [6.07, 6.45) is 1.81. The van der Waals surface area contributed by atoms with Gasteiger partial charge in [0.05, 0.1) is 5.57 Å². The topological polar surface area (TPSA) is 95.4 Å². The van der Waals surface area contributed by atoms with Gasteiger partial charge in [-0.25, -0.2) is 4.79 Å². The number of fused-ring (bicyclic) bond motifs is 1. The average molecular weight is 428 g/mol. The van der Waals surface area contributed by atoms with Crippen molar-refractivity contribution >= 4 is 30.2 Å². The third kappa shape index (κ3) is 6.94. The van der Waals surface area contributed by atoms with E-state index in [1.807, 2.05) is 52.8 Å². The number of anilines is 1. The van der Waals surface area contributed by atoms with Crippen LogP contribution in [0.2, 0.25) is 0 Å². The number of carbonyl (C=O) groups is 2. The van der Waals surface area contributed by atoms with E-state index in [0.717, 1.165) is 16.8 Å². The second-order valence-corrected chi connectivity index (χ2v) is 8.69. The number of nitrogens with one attached hydrogen (secondary N) is 2. The zero-order valence-electron chi connectivity index (χ0n) is 19.3. The molecule has 0 fully saturated rings. The fraction of sp³-hybridized carbons (Fsp3) is 0.478. The molecule has 0 unspecified atom stereocenters. The highest BCUT2D eigenvalue weighted by Gasteiger charge is 2.26. The van der Waals surface area contributed by atoms with Crippen molar-refractivity contribution in [3.05, 3.63) is 41.1 Å². The first-order valence-corrected chi connectivity index (χ1v) is 10.3. The van der Waals surface area contributed by atoms with Crippen LogP contribution in [0.1, 0.15) is 45.7 Å². The van der Waals surface area contributed by atoms with Gasteiger partial charge in [-0.2, -0.15) is 0 Å². The number of aliphatic imine (C=N–C) groups is 2. The predicted octanol–water partition coefficient (Wildman–Crippen LogP) is 3.53. The van der Waals surface area contributed by atoms with Gasteiger partial charge >= 0.3 is 6.09 Å². The van der Waals surface area contributed by atoms with Crippen LogP contribution in [0.4, 0.5) is 10.5 Å². The Balaban J connectivity index is 2.16. The summed E-state index contributed by atoms with van der Waals surface area (Å²) in [5.41, 5.74) is 2.80. The van der Waals surface area contributed by atoms with Crippen LogP contribution in [0.25, 0.3) is 0 Å². The number of hydrogen-bond donors (Lipinski definition) is 2. The van der Waals surface area contributed by atoms with Gasteiger partial charge in [0.2, 0.25) is 0 Å². The molecule has 1 aliphatic rings. The SMILES string of the molecule is C=N/C=C(/C(=O)NC(C)C)C(=NC)Nc1ccc2c(c1)CCN(C(=O)OC(C)(C)C)C2. The number of benzene rings is 1. The van der Waals surface area contributed by atoms with Crippen molar-refractivity contribution in [2.24, 2.45) is 9.98 Å². The average Bonchev–Trinajstić information content (AvgIpc) is 2.68. The van der Waals surface area contributed by atoms with E-state index in [1.54, 1.807) is 11.9 Å². The number of amidine groups is 1. The third-order valence-corrected chi connectivity index (χ3v) is 4.50. The smallest absolute Gasteiger partial charge is 0.410 e. The molecule has 2 N–H and O–H groups in total. The molecule has 1 aromatic carbocycles. The lowest BCUT2D eigenvalue weighted by Gasteiger charge is -2.31. The minimum Gasteiger partial charge on any atom is -0.444 e. The Kier molecular flexibility index (Phi) is 7.96. The van der Waals surface area contributed by atoms with E-state index in [2.05, 4.69) is 27.3 Å². The largest absolute Gasteiger partial charge is 0.444 e. The Morgan fingerprint density at radius 1 is 1.26 bits per heavy atom. The van der Waals surface area contributed by atoms with Gasteiger partial charge in [-0.3, -0.25) is 14.8 Å². The molecular weight excluding hydrogens is 394 g/mol. The highest BCUT2D eigenvalue weighted by molar-refractivity contribution is 6.25. The monoisotopic (exact) mass is 427 g/mol. The maximum atomic E-state index is 12.5. The number of ether oxygens (including phenoxy) is 1. The molecule has 0 aliphatic carbocycles. The summed E-state index contributed by atoms with van der Waals surface area (Å²) >= 11 is 0.